The average Bonchev–Trinajstić information content (AvgIpc) is 2.98. The molecule has 0 atom stereocenters. The van der Waals surface area contributed by atoms with Gasteiger partial charge in [-0.1, -0.05) is 6.42 Å². The number of hydrogen-bond donors (Lipinski definition) is 1. The minimum atomic E-state index is -0.0588. The maximum atomic E-state index is 11.6. The fraction of sp³-hybridized carbons (Fsp3) is 0.500. The lowest BCUT2D eigenvalue weighted by Crippen LogP contribution is -2.50. The van der Waals surface area contributed by atoms with E-state index in [0.717, 1.165) is 36.9 Å². The number of fused-ring (bicyclic) bond motifs is 1. The zero-order valence-corrected chi connectivity index (χ0v) is 15.2. The van der Waals surface area contributed by atoms with Crippen LogP contribution in [0.2, 0.25) is 0 Å². The Balaban J connectivity index is 1.22. The molecule has 9 nitrogen and oxygen atoms in total. The predicted molar refractivity (Wildman–Crippen MR) is 101 cm³/mol. The van der Waals surface area contributed by atoms with Crippen LogP contribution in [-0.4, -0.2) is 49.0 Å². The molecule has 1 saturated heterocycles. The number of nitrogens with one attached hydrogen (secondary N) is 1. The monoisotopic (exact) mass is 366 g/mol. The Labute approximate surface area is 156 Å². The molecule has 3 aromatic rings. The van der Waals surface area contributed by atoms with Crippen molar-refractivity contribution in [2.45, 2.75) is 25.2 Å². The fourth-order valence-electron chi connectivity index (χ4n) is 3.58. The summed E-state index contributed by atoms with van der Waals surface area (Å²) >= 11 is 0. The van der Waals surface area contributed by atoms with E-state index in [4.69, 9.17) is 5.10 Å². The average molecular weight is 366 g/mol. The molecule has 2 aliphatic rings. The van der Waals surface area contributed by atoms with Crippen molar-refractivity contribution in [3.63, 3.8) is 0 Å². The standard InChI is InChI=1S/C18H22N8O/c1-24-11-20-14(7-17(24)27)19-8-12-9-25(10-12)16-6-5-15-21-22-18(26(15)23-16)13-3-2-4-13/h5-7,11-13,19H,2-4,8-10H2,1H3. The van der Waals surface area contributed by atoms with E-state index in [9.17, 15) is 4.79 Å². The first-order valence-electron chi connectivity index (χ1n) is 9.41. The highest BCUT2D eigenvalue weighted by Gasteiger charge is 2.29. The molecule has 4 heterocycles. The molecule has 3 aromatic heterocycles. The molecule has 1 aliphatic carbocycles. The molecule has 140 valence electrons. The van der Waals surface area contributed by atoms with Crippen LogP contribution in [0.25, 0.3) is 5.65 Å². The lowest BCUT2D eigenvalue weighted by Gasteiger charge is -2.40. The van der Waals surface area contributed by atoms with Crippen LogP contribution in [0.5, 0.6) is 0 Å². The summed E-state index contributed by atoms with van der Waals surface area (Å²) in [4.78, 5) is 18.1. The number of rotatable bonds is 5. The lowest BCUT2D eigenvalue weighted by atomic mass is 9.85. The first-order chi connectivity index (χ1) is 13.2. The highest BCUT2D eigenvalue weighted by atomic mass is 16.1. The molecule has 27 heavy (non-hydrogen) atoms. The zero-order chi connectivity index (χ0) is 18.4. The Morgan fingerprint density at radius 2 is 2.07 bits per heavy atom. The summed E-state index contributed by atoms with van der Waals surface area (Å²) in [6, 6.07) is 5.54. The van der Waals surface area contributed by atoms with E-state index in [-0.39, 0.29) is 5.56 Å². The minimum Gasteiger partial charge on any atom is -0.369 e. The molecule has 9 heteroatoms. The zero-order valence-electron chi connectivity index (χ0n) is 15.2. The van der Waals surface area contributed by atoms with Crippen LogP contribution in [0.3, 0.4) is 0 Å². The van der Waals surface area contributed by atoms with Gasteiger partial charge in [0.15, 0.2) is 11.5 Å². The number of aryl methyl sites for hydroxylation is 1. The maximum absolute atomic E-state index is 11.6. The van der Waals surface area contributed by atoms with Crippen molar-refractivity contribution in [1.82, 2.24) is 29.4 Å². The Kier molecular flexibility index (Phi) is 3.80. The molecule has 1 saturated carbocycles. The van der Waals surface area contributed by atoms with Gasteiger partial charge in [-0.15, -0.1) is 15.3 Å². The van der Waals surface area contributed by atoms with Gasteiger partial charge in [-0.2, -0.15) is 4.52 Å². The highest BCUT2D eigenvalue weighted by molar-refractivity contribution is 5.48. The summed E-state index contributed by atoms with van der Waals surface area (Å²) in [6.45, 7) is 2.65. The van der Waals surface area contributed by atoms with Gasteiger partial charge in [0.05, 0.1) is 6.33 Å². The largest absolute Gasteiger partial charge is 0.369 e. The van der Waals surface area contributed by atoms with Gasteiger partial charge in [-0.25, -0.2) is 4.98 Å². The van der Waals surface area contributed by atoms with E-state index in [0.29, 0.717) is 17.7 Å². The van der Waals surface area contributed by atoms with Gasteiger partial charge in [0.1, 0.15) is 11.6 Å². The molecule has 0 amide bonds. The van der Waals surface area contributed by atoms with Crippen molar-refractivity contribution in [1.29, 1.82) is 0 Å². The SMILES string of the molecule is Cn1cnc(NCC2CN(c3ccc4nnc(C5CCC5)n4n3)C2)cc1=O. The number of aromatic nitrogens is 6. The van der Waals surface area contributed by atoms with Crippen molar-refractivity contribution < 1.29 is 0 Å². The third-order valence-corrected chi connectivity index (χ3v) is 5.57. The summed E-state index contributed by atoms with van der Waals surface area (Å²) in [7, 11) is 1.69. The number of anilines is 2. The molecule has 0 bridgehead atoms. The van der Waals surface area contributed by atoms with Crippen LogP contribution in [0.1, 0.15) is 31.0 Å². The van der Waals surface area contributed by atoms with Gasteiger partial charge in [0, 0.05) is 44.6 Å². The molecule has 0 spiro atoms. The maximum Gasteiger partial charge on any atom is 0.255 e. The Bertz CT molecular complexity index is 1030. The first-order valence-corrected chi connectivity index (χ1v) is 9.41. The second-order valence-corrected chi connectivity index (χ2v) is 7.52. The van der Waals surface area contributed by atoms with Crippen LogP contribution in [-0.2, 0) is 7.05 Å². The first kappa shape index (κ1) is 16.2. The topological polar surface area (TPSA) is 93.2 Å². The second kappa shape index (κ2) is 6.33. The Morgan fingerprint density at radius 3 is 2.81 bits per heavy atom. The lowest BCUT2D eigenvalue weighted by molar-refractivity contribution is 0.393. The molecule has 2 fully saturated rings. The summed E-state index contributed by atoms with van der Waals surface area (Å²) in [6.07, 6.45) is 5.17. The van der Waals surface area contributed by atoms with Gasteiger partial charge in [-0.3, -0.25) is 4.79 Å². The molecule has 5 rings (SSSR count). The number of hydrogen-bond acceptors (Lipinski definition) is 7. The number of nitrogens with zero attached hydrogens (tertiary/aromatic N) is 7. The smallest absolute Gasteiger partial charge is 0.255 e. The molecule has 0 aromatic carbocycles. The molecule has 1 N–H and O–H groups in total. The van der Waals surface area contributed by atoms with Crippen LogP contribution in [0, 0.1) is 5.92 Å². The minimum absolute atomic E-state index is 0.0588. The fourth-order valence-corrected chi connectivity index (χ4v) is 3.58. The van der Waals surface area contributed by atoms with Crippen molar-refractivity contribution in [2.75, 3.05) is 29.9 Å². The molecule has 1 aliphatic heterocycles. The van der Waals surface area contributed by atoms with E-state index in [2.05, 4.69) is 25.4 Å². The molecule has 0 unspecified atom stereocenters. The van der Waals surface area contributed by atoms with Gasteiger partial charge < -0.3 is 14.8 Å². The Morgan fingerprint density at radius 1 is 1.22 bits per heavy atom. The molecule has 0 radical (unpaired) electrons. The van der Waals surface area contributed by atoms with Crippen LogP contribution < -0.4 is 15.8 Å². The predicted octanol–water partition coefficient (Wildman–Crippen LogP) is 1.03. The summed E-state index contributed by atoms with van der Waals surface area (Å²) in [5, 5.41) is 16.6. The van der Waals surface area contributed by atoms with Crippen LogP contribution >= 0.6 is 0 Å². The second-order valence-electron chi connectivity index (χ2n) is 7.52. The van der Waals surface area contributed by atoms with Crippen LogP contribution in [0.4, 0.5) is 11.6 Å². The van der Waals surface area contributed by atoms with Crippen molar-refractivity contribution >= 4 is 17.3 Å². The van der Waals surface area contributed by atoms with E-state index < -0.39 is 0 Å². The summed E-state index contributed by atoms with van der Waals surface area (Å²) in [5.74, 6) is 3.59. The molecular formula is C18H22N8O. The molecular weight excluding hydrogens is 344 g/mol. The van der Waals surface area contributed by atoms with Gasteiger partial charge in [0.2, 0.25) is 0 Å². The third-order valence-electron chi connectivity index (χ3n) is 5.57. The van der Waals surface area contributed by atoms with Crippen molar-refractivity contribution in [3.8, 4) is 0 Å². The van der Waals surface area contributed by atoms with E-state index in [1.165, 1.54) is 36.2 Å². The van der Waals surface area contributed by atoms with Crippen molar-refractivity contribution in [3.05, 3.63) is 40.7 Å². The van der Waals surface area contributed by atoms with E-state index in [1.54, 1.807) is 7.05 Å². The van der Waals surface area contributed by atoms with Gasteiger partial charge in [-0.05, 0) is 25.0 Å². The highest BCUT2D eigenvalue weighted by Crippen LogP contribution is 2.35. The van der Waals surface area contributed by atoms with Crippen LogP contribution in [0.15, 0.2) is 29.3 Å². The quantitative estimate of drug-likeness (QED) is 0.721. The van der Waals surface area contributed by atoms with E-state index >= 15 is 0 Å². The normalized spacial score (nSPS) is 17.7. The summed E-state index contributed by atoms with van der Waals surface area (Å²) in [5.41, 5.74) is 0.757. The Hall–Kier alpha value is -2.97. The summed E-state index contributed by atoms with van der Waals surface area (Å²) < 4.78 is 3.37. The van der Waals surface area contributed by atoms with Gasteiger partial charge in [0.25, 0.3) is 5.56 Å². The van der Waals surface area contributed by atoms with Crippen molar-refractivity contribution in [2.24, 2.45) is 13.0 Å². The third kappa shape index (κ3) is 2.92. The van der Waals surface area contributed by atoms with E-state index in [1.807, 2.05) is 16.6 Å². The van der Waals surface area contributed by atoms with Gasteiger partial charge >= 0.3 is 0 Å².